The molecule has 0 aromatic carbocycles. The van der Waals surface area contributed by atoms with Crippen LogP contribution in [0.1, 0.15) is 12.8 Å². The van der Waals surface area contributed by atoms with E-state index in [1.54, 1.807) is 0 Å². The van der Waals surface area contributed by atoms with E-state index in [0.29, 0.717) is 19.0 Å². The summed E-state index contributed by atoms with van der Waals surface area (Å²) < 4.78 is 0. The van der Waals surface area contributed by atoms with Gasteiger partial charge in [0.25, 0.3) is 0 Å². The zero-order chi connectivity index (χ0) is 11.4. The van der Waals surface area contributed by atoms with Crippen LogP contribution in [0.5, 0.6) is 0 Å². The monoisotopic (exact) mass is 214 g/mol. The maximum atomic E-state index is 11.1. The molecule has 86 valence electrons. The lowest BCUT2D eigenvalue weighted by Crippen LogP contribution is -2.43. The molecule has 1 fully saturated rings. The summed E-state index contributed by atoms with van der Waals surface area (Å²) in [6.45, 7) is 2.16. The number of piperidine rings is 1. The molecule has 1 aliphatic heterocycles. The van der Waals surface area contributed by atoms with Gasteiger partial charge in [0.15, 0.2) is 0 Å². The molecule has 1 amide bonds. The van der Waals surface area contributed by atoms with Crippen LogP contribution in [0.15, 0.2) is 0 Å². The van der Waals surface area contributed by atoms with Gasteiger partial charge < -0.3 is 14.9 Å². The first-order valence-electron chi connectivity index (χ1n) is 5.17. The van der Waals surface area contributed by atoms with Crippen LogP contribution >= 0.6 is 0 Å². The number of carboxylic acids is 1. The molecule has 1 rings (SSSR count). The number of nitrogens with zero attached hydrogens (tertiary/aromatic N) is 2. The van der Waals surface area contributed by atoms with Crippen molar-refractivity contribution in [1.29, 1.82) is 0 Å². The molecule has 0 aromatic rings. The van der Waals surface area contributed by atoms with Crippen molar-refractivity contribution in [3.8, 4) is 0 Å². The lowest BCUT2D eigenvalue weighted by Gasteiger charge is -2.32. The van der Waals surface area contributed by atoms with Crippen molar-refractivity contribution < 1.29 is 14.7 Å². The number of likely N-dealkylation sites (tertiary alicyclic amines) is 1. The number of hydrogen-bond donors (Lipinski definition) is 1. The number of carbonyl (C=O) groups is 2. The maximum Gasteiger partial charge on any atom is 0.394 e. The van der Waals surface area contributed by atoms with Crippen LogP contribution in [0.4, 0.5) is 0 Å². The quantitative estimate of drug-likeness (QED) is 0.651. The van der Waals surface area contributed by atoms with Crippen LogP contribution in [-0.4, -0.2) is 60.5 Å². The third-order valence-corrected chi connectivity index (χ3v) is 2.71. The Hall–Kier alpha value is -1.10. The summed E-state index contributed by atoms with van der Waals surface area (Å²) in [5.41, 5.74) is 0. The topological polar surface area (TPSA) is 60.9 Å². The van der Waals surface area contributed by atoms with E-state index in [2.05, 4.69) is 4.90 Å². The predicted octanol–water partition coefficient (Wildman–Crippen LogP) is -0.129. The Kier molecular flexibility index (Phi) is 4.08. The molecule has 0 atom stereocenters. The summed E-state index contributed by atoms with van der Waals surface area (Å²) in [4.78, 5) is 25.2. The molecule has 0 aromatic heterocycles. The first kappa shape index (κ1) is 12.0. The van der Waals surface area contributed by atoms with Gasteiger partial charge in [0.2, 0.25) is 0 Å². The van der Waals surface area contributed by atoms with E-state index < -0.39 is 11.9 Å². The van der Waals surface area contributed by atoms with E-state index in [0.717, 1.165) is 19.4 Å². The summed E-state index contributed by atoms with van der Waals surface area (Å²) in [7, 11) is 4.05. The molecule has 1 aliphatic rings. The summed E-state index contributed by atoms with van der Waals surface area (Å²) >= 11 is 0. The Morgan fingerprint density at radius 3 is 2.27 bits per heavy atom. The number of amides is 1. The average Bonchev–Trinajstić information content (AvgIpc) is 2.17. The zero-order valence-electron chi connectivity index (χ0n) is 9.27. The van der Waals surface area contributed by atoms with Crippen LogP contribution in [0.2, 0.25) is 0 Å². The van der Waals surface area contributed by atoms with E-state index in [1.807, 2.05) is 14.1 Å². The SMILES string of the molecule is CN(C)CC1CCN(C(=O)C(=O)O)CC1. The van der Waals surface area contributed by atoms with E-state index in [1.165, 1.54) is 4.90 Å². The first-order valence-corrected chi connectivity index (χ1v) is 5.17. The number of rotatable bonds is 2. The summed E-state index contributed by atoms with van der Waals surface area (Å²) in [6.07, 6.45) is 1.80. The van der Waals surface area contributed by atoms with Crippen LogP contribution in [0, 0.1) is 5.92 Å². The van der Waals surface area contributed by atoms with E-state index >= 15 is 0 Å². The number of carbonyl (C=O) groups excluding carboxylic acids is 1. The van der Waals surface area contributed by atoms with Gasteiger partial charge in [-0.2, -0.15) is 0 Å². The lowest BCUT2D eigenvalue weighted by molar-refractivity contribution is -0.156. The molecular weight excluding hydrogens is 196 g/mol. The second-order valence-corrected chi connectivity index (χ2v) is 4.30. The van der Waals surface area contributed by atoms with Crippen LogP contribution < -0.4 is 0 Å². The third-order valence-electron chi connectivity index (χ3n) is 2.71. The van der Waals surface area contributed by atoms with E-state index in [9.17, 15) is 9.59 Å². The van der Waals surface area contributed by atoms with Gasteiger partial charge in [0.1, 0.15) is 0 Å². The second-order valence-electron chi connectivity index (χ2n) is 4.30. The molecule has 1 saturated heterocycles. The Morgan fingerprint density at radius 2 is 1.87 bits per heavy atom. The fraction of sp³-hybridized carbons (Fsp3) is 0.800. The fourth-order valence-corrected chi connectivity index (χ4v) is 1.97. The van der Waals surface area contributed by atoms with Crippen LogP contribution in [-0.2, 0) is 9.59 Å². The Bertz CT molecular complexity index is 245. The van der Waals surface area contributed by atoms with Gasteiger partial charge in [0.05, 0.1) is 0 Å². The molecular formula is C10H18N2O3. The molecule has 1 N–H and O–H groups in total. The second kappa shape index (κ2) is 5.11. The van der Waals surface area contributed by atoms with Gasteiger partial charge in [-0.05, 0) is 32.9 Å². The number of carboxylic acid groups (broad SMARTS) is 1. The molecule has 0 saturated carbocycles. The van der Waals surface area contributed by atoms with Gasteiger partial charge in [0, 0.05) is 19.6 Å². The third kappa shape index (κ3) is 3.51. The number of aliphatic carboxylic acids is 1. The summed E-state index contributed by atoms with van der Waals surface area (Å²) in [6, 6.07) is 0. The minimum atomic E-state index is -1.35. The highest BCUT2D eigenvalue weighted by atomic mass is 16.4. The lowest BCUT2D eigenvalue weighted by atomic mass is 9.96. The molecule has 0 aliphatic carbocycles. The molecule has 15 heavy (non-hydrogen) atoms. The zero-order valence-corrected chi connectivity index (χ0v) is 9.27. The summed E-state index contributed by atoms with van der Waals surface area (Å²) in [5, 5.41) is 8.55. The first-order chi connectivity index (χ1) is 7.00. The summed E-state index contributed by atoms with van der Waals surface area (Å²) in [5.74, 6) is -1.53. The molecule has 0 spiro atoms. The molecule has 5 heteroatoms. The standard InChI is InChI=1S/C10H18N2O3/c1-11(2)7-8-3-5-12(6-4-8)9(13)10(14)15/h8H,3-7H2,1-2H3,(H,14,15). The highest BCUT2D eigenvalue weighted by Gasteiger charge is 2.26. The van der Waals surface area contributed by atoms with Crippen molar-refractivity contribution in [3.63, 3.8) is 0 Å². The predicted molar refractivity (Wildman–Crippen MR) is 55.5 cm³/mol. The van der Waals surface area contributed by atoms with E-state index in [-0.39, 0.29) is 0 Å². The van der Waals surface area contributed by atoms with Crippen molar-refractivity contribution in [2.45, 2.75) is 12.8 Å². The Morgan fingerprint density at radius 1 is 1.33 bits per heavy atom. The van der Waals surface area contributed by atoms with Gasteiger partial charge in [-0.15, -0.1) is 0 Å². The van der Waals surface area contributed by atoms with Gasteiger partial charge in [-0.3, -0.25) is 4.79 Å². The van der Waals surface area contributed by atoms with Gasteiger partial charge in [-0.1, -0.05) is 0 Å². The largest absolute Gasteiger partial charge is 0.474 e. The maximum absolute atomic E-state index is 11.1. The highest BCUT2D eigenvalue weighted by Crippen LogP contribution is 2.17. The van der Waals surface area contributed by atoms with Crippen LogP contribution in [0.25, 0.3) is 0 Å². The molecule has 0 bridgehead atoms. The van der Waals surface area contributed by atoms with Crippen molar-refractivity contribution in [3.05, 3.63) is 0 Å². The van der Waals surface area contributed by atoms with Gasteiger partial charge >= 0.3 is 11.9 Å². The van der Waals surface area contributed by atoms with Crippen molar-refractivity contribution >= 4 is 11.9 Å². The smallest absolute Gasteiger partial charge is 0.394 e. The Labute approximate surface area is 89.7 Å². The van der Waals surface area contributed by atoms with Crippen molar-refractivity contribution in [1.82, 2.24) is 9.80 Å². The fourth-order valence-electron chi connectivity index (χ4n) is 1.97. The van der Waals surface area contributed by atoms with Crippen molar-refractivity contribution in [2.75, 3.05) is 33.7 Å². The molecule has 0 radical (unpaired) electrons. The van der Waals surface area contributed by atoms with Crippen molar-refractivity contribution in [2.24, 2.45) is 5.92 Å². The Balaban J connectivity index is 2.36. The van der Waals surface area contributed by atoms with E-state index in [4.69, 9.17) is 5.11 Å². The minimum Gasteiger partial charge on any atom is -0.474 e. The van der Waals surface area contributed by atoms with Gasteiger partial charge in [-0.25, -0.2) is 4.79 Å². The molecule has 0 unspecified atom stereocenters. The normalized spacial score (nSPS) is 18.2. The minimum absolute atomic E-state index is 0.573. The highest BCUT2D eigenvalue weighted by molar-refractivity contribution is 6.31. The molecule has 5 nitrogen and oxygen atoms in total. The average molecular weight is 214 g/mol. The number of hydrogen-bond acceptors (Lipinski definition) is 3. The van der Waals surface area contributed by atoms with Crippen LogP contribution in [0.3, 0.4) is 0 Å². The molecule has 1 heterocycles.